The Morgan fingerprint density at radius 1 is 1.36 bits per heavy atom. The summed E-state index contributed by atoms with van der Waals surface area (Å²) in [5.74, 6) is 0.145. The van der Waals surface area contributed by atoms with E-state index in [-0.39, 0.29) is 24.5 Å². The fraction of sp³-hybridized carbons (Fsp3) is 0.364. The molecule has 0 unspecified atom stereocenters. The number of hydrogen-bond donors (Lipinski definition) is 2. The van der Waals surface area contributed by atoms with Crippen LogP contribution in [0, 0.1) is 0 Å². The van der Waals surface area contributed by atoms with Gasteiger partial charge in [0.1, 0.15) is 0 Å². The lowest BCUT2D eigenvalue weighted by Crippen LogP contribution is -2.31. The lowest BCUT2D eigenvalue weighted by Gasteiger charge is -2.16. The smallest absolute Gasteiger partial charge is 0.221 e. The van der Waals surface area contributed by atoms with E-state index in [1.54, 1.807) is 0 Å². The van der Waals surface area contributed by atoms with Crippen molar-refractivity contribution >= 4 is 5.91 Å². The van der Waals surface area contributed by atoms with Crippen LogP contribution in [0.5, 0.6) is 0 Å². The molecule has 0 spiro atoms. The van der Waals surface area contributed by atoms with Crippen LogP contribution in [-0.2, 0) is 4.79 Å². The predicted molar refractivity (Wildman–Crippen MR) is 52.8 cm³/mol. The molecule has 2 rings (SSSR count). The molecule has 0 radical (unpaired) electrons. The predicted octanol–water partition coefficient (Wildman–Crippen LogP) is 0.651. The number of carbonyl (C=O) groups is 1. The zero-order chi connectivity index (χ0) is 9.97. The Bertz CT molecular complexity index is 323. The molecular weight excluding hydrogens is 178 g/mol. The van der Waals surface area contributed by atoms with Crippen LogP contribution >= 0.6 is 0 Å². The Balaban J connectivity index is 2.22. The van der Waals surface area contributed by atoms with Crippen molar-refractivity contribution in [2.75, 3.05) is 6.61 Å². The molecule has 2 N–H and O–H groups in total. The molecule has 0 aromatic heterocycles. The quantitative estimate of drug-likeness (QED) is 0.721. The summed E-state index contributed by atoms with van der Waals surface area (Å²) in [6.45, 7) is 0.00526. The van der Waals surface area contributed by atoms with Gasteiger partial charge in [-0.15, -0.1) is 0 Å². The molecule has 74 valence electrons. The van der Waals surface area contributed by atoms with Crippen LogP contribution in [0.1, 0.15) is 17.9 Å². The number of hydrogen-bond acceptors (Lipinski definition) is 2. The molecule has 1 heterocycles. The summed E-state index contributed by atoms with van der Waals surface area (Å²) in [7, 11) is 0. The van der Waals surface area contributed by atoms with Crippen molar-refractivity contribution in [2.45, 2.75) is 18.4 Å². The molecule has 1 aromatic carbocycles. The van der Waals surface area contributed by atoms with Crippen LogP contribution in [0.15, 0.2) is 30.3 Å². The second kappa shape index (κ2) is 3.80. The molecule has 3 nitrogen and oxygen atoms in total. The third-order valence-corrected chi connectivity index (χ3v) is 2.66. The maximum atomic E-state index is 11.2. The largest absolute Gasteiger partial charge is 0.394 e. The van der Waals surface area contributed by atoms with Crippen molar-refractivity contribution in [2.24, 2.45) is 0 Å². The summed E-state index contributed by atoms with van der Waals surface area (Å²) in [6.07, 6.45) is 0.481. The van der Waals surface area contributed by atoms with E-state index in [1.807, 2.05) is 30.3 Å². The molecule has 0 aliphatic carbocycles. The monoisotopic (exact) mass is 191 g/mol. The van der Waals surface area contributed by atoms with E-state index >= 15 is 0 Å². The molecule has 0 saturated carbocycles. The molecule has 1 aliphatic rings. The molecule has 3 heteroatoms. The van der Waals surface area contributed by atoms with Crippen molar-refractivity contribution in [3.8, 4) is 0 Å². The number of nitrogens with one attached hydrogen (secondary N) is 1. The first-order valence-corrected chi connectivity index (χ1v) is 4.76. The Hall–Kier alpha value is -1.35. The van der Waals surface area contributed by atoms with E-state index in [1.165, 1.54) is 0 Å². The van der Waals surface area contributed by atoms with Crippen LogP contribution in [0.3, 0.4) is 0 Å². The highest BCUT2D eigenvalue weighted by Gasteiger charge is 2.32. The number of rotatable bonds is 2. The van der Waals surface area contributed by atoms with E-state index in [0.717, 1.165) is 5.56 Å². The highest BCUT2D eigenvalue weighted by atomic mass is 16.3. The van der Waals surface area contributed by atoms with Crippen molar-refractivity contribution in [1.82, 2.24) is 5.32 Å². The molecule has 1 fully saturated rings. The number of amides is 1. The lowest BCUT2D eigenvalue weighted by molar-refractivity contribution is -0.119. The number of benzene rings is 1. The van der Waals surface area contributed by atoms with Gasteiger partial charge in [-0.2, -0.15) is 0 Å². The van der Waals surface area contributed by atoms with Gasteiger partial charge in [-0.05, 0) is 5.56 Å². The zero-order valence-corrected chi connectivity index (χ0v) is 7.81. The number of aliphatic hydroxyl groups excluding tert-OH is 1. The summed E-state index contributed by atoms with van der Waals surface area (Å²) in [5.41, 5.74) is 1.12. The van der Waals surface area contributed by atoms with Gasteiger partial charge in [0.25, 0.3) is 0 Å². The zero-order valence-electron chi connectivity index (χ0n) is 7.81. The van der Waals surface area contributed by atoms with Gasteiger partial charge in [0, 0.05) is 12.3 Å². The van der Waals surface area contributed by atoms with Crippen LogP contribution in [0.2, 0.25) is 0 Å². The van der Waals surface area contributed by atoms with E-state index < -0.39 is 0 Å². The summed E-state index contributed by atoms with van der Waals surface area (Å²) in [6, 6.07) is 9.71. The topological polar surface area (TPSA) is 49.3 Å². The van der Waals surface area contributed by atoms with Gasteiger partial charge in [0.2, 0.25) is 5.91 Å². The Kier molecular flexibility index (Phi) is 2.50. The average molecular weight is 191 g/mol. The van der Waals surface area contributed by atoms with Gasteiger partial charge in [-0.3, -0.25) is 4.79 Å². The molecule has 14 heavy (non-hydrogen) atoms. The minimum atomic E-state index is -0.120. The fourth-order valence-corrected chi connectivity index (χ4v) is 1.93. The Morgan fingerprint density at radius 2 is 2.07 bits per heavy atom. The molecule has 1 aliphatic heterocycles. The van der Waals surface area contributed by atoms with Crippen LogP contribution in [0.4, 0.5) is 0 Å². The van der Waals surface area contributed by atoms with E-state index in [2.05, 4.69) is 5.32 Å². The first-order valence-electron chi connectivity index (χ1n) is 4.76. The highest BCUT2D eigenvalue weighted by molar-refractivity contribution is 5.80. The second-order valence-electron chi connectivity index (χ2n) is 3.58. The van der Waals surface area contributed by atoms with E-state index in [4.69, 9.17) is 5.11 Å². The van der Waals surface area contributed by atoms with Gasteiger partial charge >= 0.3 is 0 Å². The molecule has 1 saturated heterocycles. The van der Waals surface area contributed by atoms with Gasteiger partial charge in [-0.1, -0.05) is 30.3 Å². The summed E-state index contributed by atoms with van der Waals surface area (Å²) in [5, 5.41) is 11.9. The maximum Gasteiger partial charge on any atom is 0.221 e. The SMILES string of the molecule is O=C1C[C@H](c2ccccc2)[C@@H](CO)N1. The summed E-state index contributed by atoms with van der Waals surface area (Å²) >= 11 is 0. The van der Waals surface area contributed by atoms with Crippen molar-refractivity contribution in [1.29, 1.82) is 0 Å². The van der Waals surface area contributed by atoms with Gasteiger partial charge in [0.15, 0.2) is 0 Å². The van der Waals surface area contributed by atoms with Crippen molar-refractivity contribution < 1.29 is 9.90 Å². The second-order valence-corrected chi connectivity index (χ2v) is 3.58. The van der Waals surface area contributed by atoms with Gasteiger partial charge < -0.3 is 10.4 Å². The lowest BCUT2D eigenvalue weighted by atomic mass is 9.92. The maximum absolute atomic E-state index is 11.2. The summed E-state index contributed by atoms with van der Waals surface area (Å²) < 4.78 is 0. The minimum Gasteiger partial charge on any atom is -0.394 e. The standard InChI is InChI=1S/C11H13NO2/c13-7-10-9(6-11(14)12-10)8-4-2-1-3-5-8/h1-5,9-10,13H,6-7H2,(H,12,14)/t9-,10-/m1/s1. The third-order valence-electron chi connectivity index (χ3n) is 2.66. The van der Waals surface area contributed by atoms with Crippen LogP contribution in [0.25, 0.3) is 0 Å². The van der Waals surface area contributed by atoms with Crippen molar-refractivity contribution in [3.63, 3.8) is 0 Å². The third kappa shape index (κ3) is 1.63. The molecule has 0 bridgehead atoms. The molecule has 1 aromatic rings. The van der Waals surface area contributed by atoms with Crippen molar-refractivity contribution in [3.05, 3.63) is 35.9 Å². The minimum absolute atomic E-state index is 0.00526. The summed E-state index contributed by atoms with van der Waals surface area (Å²) in [4.78, 5) is 11.2. The molecule has 2 atom stereocenters. The van der Waals surface area contributed by atoms with Crippen LogP contribution in [-0.4, -0.2) is 23.7 Å². The van der Waals surface area contributed by atoms with Gasteiger partial charge in [-0.25, -0.2) is 0 Å². The van der Waals surface area contributed by atoms with Crippen LogP contribution < -0.4 is 5.32 Å². The number of aliphatic hydroxyl groups is 1. The van der Waals surface area contributed by atoms with E-state index in [0.29, 0.717) is 6.42 Å². The van der Waals surface area contributed by atoms with E-state index in [9.17, 15) is 4.79 Å². The number of carbonyl (C=O) groups excluding carboxylic acids is 1. The normalized spacial score (nSPS) is 26.2. The molecule has 1 amide bonds. The first-order chi connectivity index (χ1) is 6.81. The Morgan fingerprint density at radius 3 is 2.71 bits per heavy atom. The average Bonchev–Trinajstić information content (AvgIpc) is 2.61. The fourth-order valence-electron chi connectivity index (χ4n) is 1.93. The highest BCUT2D eigenvalue weighted by Crippen LogP contribution is 2.27. The Labute approximate surface area is 82.8 Å². The van der Waals surface area contributed by atoms with Gasteiger partial charge in [0.05, 0.1) is 12.6 Å². The first kappa shape index (κ1) is 9.21. The molecular formula is C11H13NO2.